The van der Waals surface area contributed by atoms with Crippen molar-refractivity contribution in [2.45, 2.75) is 25.4 Å². The number of carbonyl (C=O) groups is 1. The Hall–Kier alpha value is -2.41. The predicted octanol–water partition coefficient (Wildman–Crippen LogP) is 2.49. The number of fused-ring (bicyclic) bond motifs is 4. The smallest absolute Gasteiger partial charge is 0.275 e. The fourth-order valence-electron chi connectivity index (χ4n) is 4.01. The first-order valence-corrected chi connectivity index (χ1v) is 8.83. The Morgan fingerprint density at radius 2 is 2.08 bits per heavy atom. The van der Waals surface area contributed by atoms with Crippen LogP contribution in [0.4, 0.5) is 8.78 Å². The molecule has 2 unspecified atom stereocenters. The molecule has 5 nitrogen and oxygen atoms in total. The maximum absolute atomic E-state index is 14.0. The molecule has 0 spiro atoms. The summed E-state index contributed by atoms with van der Waals surface area (Å²) in [6.07, 6.45) is 6.44. The van der Waals surface area contributed by atoms with Gasteiger partial charge in [0.25, 0.3) is 5.91 Å². The lowest BCUT2D eigenvalue weighted by molar-refractivity contribution is 0.0573. The van der Waals surface area contributed by atoms with Gasteiger partial charge in [-0.2, -0.15) is 0 Å². The van der Waals surface area contributed by atoms with E-state index in [2.05, 4.69) is 14.9 Å². The highest BCUT2D eigenvalue weighted by Gasteiger charge is 2.38. The zero-order valence-corrected chi connectivity index (χ0v) is 14.3. The summed E-state index contributed by atoms with van der Waals surface area (Å²) in [4.78, 5) is 24.7. The van der Waals surface area contributed by atoms with Crippen molar-refractivity contribution in [1.29, 1.82) is 0 Å². The van der Waals surface area contributed by atoms with Gasteiger partial charge >= 0.3 is 0 Å². The van der Waals surface area contributed by atoms with Crippen molar-refractivity contribution < 1.29 is 13.6 Å². The fourth-order valence-corrected chi connectivity index (χ4v) is 4.01. The highest BCUT2D eigenvalue weighted by atomic mass is 19.1. The maximum atomic E-state index is 14.0. The molecule has 3 aliphatic rings. The zero-order valence-electron chi connectivity index (χ0n) is 14.3. The number of amides is 1. The van der Waals surface area contributed by atoms with Crippen LogP contribution in [0.3, 0.4) is 0 Å². The number of aromatic nitrogens is 2. The first kappa shape index (κ1) is 17.0. The van der Waals surface area contributed by atoms with Crippen molar-refractivity contribution in [2.24, 2.45) is 5.92 Å². The molecule has 0 N–H and O–H groups in total. The molecule has 0 aromatic carbocycles. The van der Waals surface area contributed by atoms with Gasteiger partial charge in [-0.1, -0.05) is 6.07 Å². The second-order valence-electron chi connectivity index (χ2n) is 7.09. The Kier molecular flexibility index (Phi) is 4.63. The molecule has 2 aromatic heterocycles. The monoisotopic (exact) mass is 358 g/mol. The van der Waals surface area contributed by atoms with Crippen LogP contribution in [0.25, 0.3) is 0 Å². The van der Waals surface area contributed by atoms with E-state index in [1.807, 2.05) is 18.3 Å². The zero-order chi connectivity index (χ0) is 18.1. The Morgan fingerprint density at radius 3 is 2.85 bits per heavy atom. The molecule has 3 saturated heterocycles. The number of nitrogens with zero attached hydrogens (tertiary/aromatic N) is 4. The molecular formula is C19H20F2N4O. The maximum Gasteiger partial charge on any atom is 0.275 e. The van der Waals surface area contributed by atoms with E-state index >= 15 is 0 Å². The van der Waals surface area contributed by atoms with Gasteiger partial charge in [-0.25, -0.2) is 13.8 Å². The average molecular weight is 358 g/mol. The molecule has 2 aromatic rings. The third-order valence-electron chi connectivity index (χ3n) is 5.19. The van der Waals surface area contributed by atoms with Crippen LogP contribution in [-0.4, -0.2) is 51.4 Å². The number of halogens is 2. The molecule has 3 fully saturated rings. The Labute approximate surface area is 150 Å². The molecule has 5 rings (SSSR count). The molecule has 5 heterocycles. The van der Waals surface area contributed by atoms with Crippen molar-refractivity contribution >= 4 is 5.91 Å². The summed E-state index contributed by atoms with van der Waals surface area (Å²) in [5.41, 5.74) is 0.843. The summed E-state index contributed by atoms with van der Waals surface area (Å²) in [6, 6.07) is 4.69. The van der Waals surface area contributed by atoms with Gasteiger partial charge in [0.2, 0.25) is 0 Å². The van der Waals surface area contributed by atoms with E-state index < -0.39 is 17.5 Å². The lowest BCUT2D eigenvalue weighted by atomic mass is 9.94. The fraction of sp³-hybridized carbons (Fsp3) is 0.421. The Morgan fingerprint density at radius 1 is 1.19 bits per heavy atom. The summed E-state index contributed by atoms with van der Waals surface area (Å²) < 4.78 is 27.1. The molecule has 7 heteroatoms. The van der Waals surface area contributed by atoms with E-state index in [9.17, 15) is 13.6 Å². The molecule has 0 radical (unpaired) electrons. The van der Waals surface area contributed by atoms with E-state index in [-0.39, 0.29) is 11.7 Å². The minimum atomic E-state index is -0.901. The molecule has 3 aliphatic heterocycles. The molecular weight excluding hydrogens is 338 g/mol. The molecule has 1 amide bonds. The molecule has 2 atom stereocenters. The Bertz CT molecular complexity index is 801. The van der Waals surface area contributed by atoms with Gasteiger partial charge in [0, 0.05) is 50.7 Å². The van der Waals surface area contributed by atoms with Crippen LogP contribution >= 0.6 is 0 Å². The van der Waals surface area contributed by atoms with Gasteiger partial charge in [-0.3, -0.25) is 14.7 Å². The lowest BCUT2D eigenvalue weighted by Gasteiger charge is -2.36. The van der Waals surface area contributed by atoms with E-state index in [0.29, 0.717) is 18.5 Å². The van der Waals surface area contributed by atoms with Crippen LogP contribution in [0, 0.1) is 17.6 Å². The average Bonchev–Trinajstić information content (AvgIpc) is 2.92. The highest BCUT2D eigenvalue weighted by Crippen LogP contribution is 2.30. The number of hydrogen-bond acceptors (Lipinski definition) is 4. The van der Waals surface area contributed by atoms with Gasteiger partial charge < -0.3 is 4.90 Å². The van der Waals surface area contributed by atoms with Crippen LogP contribution < -0.4 is 0 Å². The molecule has 2 bridgehead atoms. The van der Waals surface area contributed by atoms with E-state index in [0.717, 1.165) is 44.2 Å². The molecule has 136 valence electrons. The van der Waals surface area contributed by atoms with Gasteiger partial charge in [0.1, 0.15) is 5.82 Å². The van der Waals surface area contributed by atoms with Crippen molar-refractivity contribution in [3.8, 4) is 0 Å². The van der Waals surface area contributed by atoms with E-state index in [1.165, 1.54) is 0 Å². The lowest BCUT2D eigenvalue weighted by Crippen LogP contribution is -2.47. The number of pyridine rings is 2. The second kappa shape index (κ2) is 7.07. The van der Waals surface area contributed by atoms with Crippen molar-refractivity contribution in [3.05, 3.63) is 59.7 Å². The van der Waals surface area contributed by atoms with Crippen molar-refractivity contribution in [2.75, 3.05) is 19.6 Å². The first-order valence-electron chi connectivity index (χ1n) is 8.83. The van der Waals surface area contributed by atoms with Gasteiger partial charge in [-0.05, 0) is 30.4 Å². The van der Waals surface area contributed by atoms with Crippen LogP contribution in [0.15, 0.2) is 36.8 Å². The standard InChI is InChI=1S/C19H20F2N4O/c20-15-6-17(21)18(23-8-15)19(26)25-11-14-3-4-16(25)12-24(10-14)9-13-2-1-5-22-7-13/h1-2,5-8,14,16H,3-4,9-12H2. The number of hydrogen-bond donors (Lipinski definition) is 0. The Balaban J connectivity index is 1.52. The van der Waals surface area contributed by atoms with Crippen LogP contribution in [0.1, 0.15) is 28.9 Å². The SMILES string of the molecule is O=C(c1ncc(F)cc1F)N1CC2CCC1CN(Cc1cccnc1)C2. The van der Waals surface area contributed by atoms with Crippen molar-refractivity contribution in [3.63, 3.8) is 0 Å². The summed E-state index contributed by atoms with van der Waals surface area (Å²) in [7, 11) is 0. The molecule has 26 heavy (non-hydrogen) atoms. The second-order valence-corrected chi connectivity index (χ2v) is 7.09. The number of rotatable bonds is 3. The number of piperidine rings is 1. The summed E-state index contributed by atoms with van der Waals surface area (Å²) in [5.74, 6) is -1.78. The topological polar surface area (TPSA) is 49.3 Å². The summed E-state index contributed by atoms with van der Waals surface area (Å²) >= 11 is 0. The van der Waals surface area contributed by atoms with Gasteiger partial charge in [0.15, 0.2) is 11.5 Å². The van der Waals surface area contributed by atoms with E-state index in [1.54, 1.807) is 11.1 Å². The third-order valence-corrected chi connectivity index (χ3v) is 5.19. The minimum Gasteiger partial charge on any atom is -0.333 e. The largest absolute Gasteiger partial charge is 0.333 e. The van der Waals surface area contributed by atoms with Crippen molar-refractivity contribution in [1.82, 2.24) is 19.8 Å². The van der Waals surface area contributed by atoms with E-state index in [4.69, 9.17) is 0 Å². The van der Waals surface area contributed by atoms with Crippen LogP contribution in [0.2, 0.25) is 0 Å². The quantitative estimate of drug-likeness (QED) is 0.846. The minimum absolute atomic E-state index is 0.0178. The van der Waals surface area contributed by atoms with Gasteiger partial charge in [0.05, 0.1) is 6.20 Å². The first-order chi connectivity index (χ1) is 12.6. The van der Waals surface area contributed by atoms with Crippen LogP contribution in [0.5, 0.6) is 0 Å². The predicted molar refractivity (Wildman–Crippen MR) is 91.2 cm³/mol. The van der Waals surface area contributed by atoms with Gasteiger partial charge in [-0.15, -0.1) is 0 Å². The molecule has 0 aliphatic carbocycles. The molecule has 0 saturated carbocycles. The third kappa shape index (κ3) is 3.44. The van der Waals surface area contributed by atoms with Crippen LogP contribution in [-0.2, 0) is 6.54 Å². The highest BCUT2D eigenvalue weighted by molar-refractivity contribution is 5.92. The summed E-state index contributed by atoms with van der Waals surface area (Å²) in [5, 5.41) is 0. The summed E-state index contributed by atoms with van der Waals surface area (Å²) in [6.45, 7) is 3.01. The number of carbonyl (C=O) groups excluding carboxylic acids is 1. The normalized spacial score (nSPS) is 23.1.